The molecule has 2 aromatic rings. The van der Waals surface area contributed by atoms with Crippen LogP contribution < -0.4 is 10.6 Å². The lowest BCUT2D eigenvalue weighted by atomic mass is 9.97. The number of carbonyl (C=O) groups excluding carboxylic acids is 3. The average Bonchev–Trinajstić information content (AvgIpc) is 2.98. The Bertz CT molecular complexity index is 1350. The minimum absolute atomic E-state index is 0. The van der Waals surface area contributed by atoms with E-state index in [1.807, 2.05) is 18.8 Å². The number of amides is 2. The van der Waals surface area contributed by atoms with Crippen LogP contribution in [0.15, 0.2) is 18.2 Å². The van der Waals surface area contributed by atoms with Gasteiger partial charge >= 0.3 is 0 Å². The SMILES string of the molecule is Cc1c(C(=O)C(=O)NC2(C#CS(C)(C)C)COC2)c(C)n(C)c1C(=O)Nc1ccc(F)c(C#N)c1.[HH].[HH]. The number of anilines is 1. The van der Waals surface area contributed by atoms with Gasteiger partial charge < -0.3 is 19.9 Å². The molecule has 2 amide bonds. The molecule has 35 heavy (non-hydrogen) atoms. The van der Waals surface area contributed by atoms with Gasteiger partial charge in [0.25, 0.3) is 17.6 Å². The van der Waals surface area contributed by atoms with Crippen LogP contribution in [0.25, 0.3) is 0 Å². The topological polar surface area (TPSA) is 113 Å². The fraction of sp³-hybridized carbons (Fsp3) is 0.360. The first-order valence-electron chi connectivity index (χ1n) is 10.6. The number of Topliss-reactive ketones (excluding diaryl/α,β-unsaturated/α-hetero) is 1. The van der Waals surface area contributed by atoms with E-state index in [0.717, 1.165) is 6.07 Å². The quantitative estimate of drug-likeness (QED) is 0.371. The Labute approximate surface area is 208 Å². The standard InChI is InChI=1S/C25H27FN4O4S.2H2/c1-15-20(22(31)24(33)29-25(13-34-14-25)9-10-35(4,5)6)16(2)30(3)21(15)23(32)28-18-7-8-19(26)17(11-18)12-27;;/h7-8,11H,13-14H2,1-6H3,(H,28,32)(H,29,33);2*1H. The van der Waals surface area contributed by atoms with E-state index in [-0.39, 0.29) is 38.6 Å². The van der Waals surface area contributed by atoms with Crippen LogP contribution in [0.3, 0.4) is 0 Å². The van der Waals surface area contributed by atoms with Crippen molar-refractivity contribution >= 4 is 33.3 Å². The van der Waals surface area contributed by atoms with E-state index in [1.165, 1.54) is 16.7 Å². The molecule has 2 heterocycles. The maximum atomic E-state index is 13.6. The molecule has 8 nitrogen and oxygen atoms in total. The Hall–Kier alpha value is -3.60. The third-order valence-electron chi connectivity index (χ3n) is 5.57. The van der Waals surface area contributed by atoms with Gasteiger partial charge in [-0.05, 0) is 56.4 Å². The summed E-state index contributed by atoms with van der Waals surface area (Å²) < 4.78 is 20.4. The van der Waals surface area contributed by atoms with E-state index in [1.54, 1.807) is 27.0 Å². The fourth-order valence-electron chi connectivity index (χ4n) is 3.63. The molecule has 0 aliphatic carbocycles. The fourth-order valence-corrected chi connectivity index (χ4v) is 4.13. The van der Waals surface area contributed by atoms with Crippen molar-refractivity contribution in [1.82, 2.24) is 9.88 Å². The van der Waals surface area contributed by atoms with Gasteiger partial charge in [-0.15, -0.1) is 0 Å². The summed E-state index contributed by atoms with van der Waals surface area (Å²) >= 11 is 0. The monoisotopic (exact) mass is 502 g/mol. The van der Waals surface area contributed by atoms with Crippen LogP contribution in [-0.2, 0) is 16.6 Å². The Kier molecular flexibility index (Phi) is 7.11. The lowest BCUT2D eigenvalue weighted by Gasteiger charge is -2.37. The highest BCUT2D eigenvalue weighted by molar-refractivity contribution is 8.35. The van der Waals surface area contributed by atoms with Crippen LogP contribution in [0.5, 0.6) is 0 Å². The van der Waals surface area contributed by atoms with Gasteiger partial charge in [-0.25, -0.2) is 4.39 Å². The third-order valence-corrected chi connectivity index (χ3v) is 6.28. The van der Waals surface area contributed by atoms with E-state index in [2.05, 4.69) is 21.8 Å². The molecule has 1 aliphatic rings. The normalized spacial score (nSPS) is 14.6. The summed E-state index contributed by atoms with van der Waals surface area (Å²) in [6.45, 7) is 3.61. The molecule has 0 saturated carbocycles. The largest absolute Gasteiger partial charge is 0.374 e. The summed E-state index contributed by atoms with van der Waals surface area (Å²) in [6.07, 6.45) is 6.07. The van der Waals surface area contributed by atoms with E-state index in [4.69, 9.17) is 10.00 Å². The predicted molar refractivity (Wildman–Crippen MR) is 137 cm³/mol. The van der Waals surface area contributed by atoms with Gasteiger partial charge in [0.15, 0.2) is 0 Å². The maximum absolute atomic E-state index is 13.6. The number of nitrogens with zero attached hydrogens (tertiary/aromatic N) is 2. The molecule has 0 unspecified atom stereocenters. The zero-order valence-electron chi connectivity index (χ0n) is 20.5. The van der Waals surface area contributed by atoms with Gasteiger partial charge in [-0.3, -0.25) is 14.4 Å². The predicted octanol–water partition coefficient (Wildman–Crippen LogP) is 3.12. The molecule has 0 bridgehead atoms. The zero-order chi connectivity index (χ0) is 26.1. The number of ether oxygens (including phenoxy) is 1. The Morgan fingerprint density at radius 2 is 1.89 bits per heavy atom. The van der Waals surface area contributed by atoms with Crippen LogP contribution in [-0.4, -0.2) is 59.7 Å². The molecule has 188 valence electrons. The van der Waals surface area contributed by atoms with Crippen molar-refractivity contribution in [2.24, 2.45) is 7.05 Å². The summed E-state index contributed by atoms with van der Waals surface area (Å²) in [6, 6.07) is 5.36. The van der Waals surface area contributed by atoms with E-state index in [0.29, 0.717) is 11.3 Å². The lowest BCUT2D eigenvalue weighted by molar-refractivity contribution is -0.124. The van der Waals surface area contributed by atoms with Gasteiger partial charge in [0.05, 0.1) is 24.3 Å². The number of nitrogens with one attached hydrogen (secondary N) is 2. The van der Waals surface area contributed by atoms with E-state index in [9.17, 15) is 18.8 Å². The third kappa shape index (κ3) is 5.40. The number of rotatable bonds is 5. The molecule has 10 heteroatoms. The van der Waals surface area contributed by atoms with E-state index >= 15 is 0 Å². The molecule has 0 radical (unpaired) electrons. The number of aromatic nitrogens is 1. The molecule has 2 N–H and O–H groups in total. The number of carbonyl (C=O) groups is 3. The number of benzene rings is 1. The van der Waals surface area contributed by atoms with Crippen molar-refractivity contribution in [3.05, 3.63) is 52.1 Å². The first-order chi connectivity index (χ1) is 16.3. The minimum atomic E-state index is -1.14. The summed E-state index contributed by atoms with van der Waals surface area (Å²) in [5, 5.41) is 17.5. The van der Waals surface area contributed by atoms with E-state index < -0.39 is 39.0 Å². The molecule has 0 atom stereocenters. The second kappa shape index (κ2) is 9.57. The second-order valence-corrected chi connectivity index (χ2v) is 13.1. The average molecular weight is 503 g/mol. The van der Waals surface area contributed by atoms with Gasteiger partial charge in [-0.1, -0.05) is 11.2 Å². The highest BCUT2D eigenvalue weighted by atomic mass is 32.3. The Morgan fingerprint density at radius 1 is 1.23 bits per heavy atom. The molecular weight excluding hydrogens is 471 g/mol. The Balaban J connectivity index is 0.00000342. The highest BCUT2D eigenvalue weighted by Crippen LogP contribution is 2.33. The molecule has 1 aromatic carbocycles. The van der Waals surface area contributed by atoms with Crippen LogP contribution >= 0.6 is 10.0 Å². The van der Waals surface area contributed by atoms with Gasteiger partial charge in [0.1, 0.15) is 23.1 Å². The van der Waals surface area contributed by atoms with Crippen LogP contribution in [0.2, 0.25) is 0 Å². The van der Waals surface area contributed by atoms with Crippen molar-refractivity contribution in [2.45, 2.75) is 19.4 Å². The van der Waals surface area contributed by atoms with Crippen molar-refractivity contribution in [3.63, 3.8) is 0 Å². The molecule has 1 saturated heterocycles. The number of nitriles is 1. The molecule has 1 aliphatic heterocycles. The van der Waals surface area contributed by atoms with Gasteiger partial charge in [-0.2, -0.15) is 15.3 Å². The lowest BCUT2D eigenvalue weighted by Crippen LogP contribution is -2.62. The van der Waals surface area contributed by atoms with Crippen molar-refractivity contribution in [1.29, 1.82) is 5.26 Å². The summed E-state index contributed by atoms with van der Waals surface area (Å²) in [7, 11) is 0.468. The van der Waals surface area contributed by atoms with Crippen molar-refractivity contribution in [2.75, 3.05) is 37.3 Å². The number of halogens is 1. The summed E-state index contributed by atoms with van der Waals surface area (Å²) in [5.41, 5.74) is 0.160. The molecule has 1 aromatic heterocycles. The van der Waals surface area contributed by atoms with Crippen LogP contribution in [0, 0.1) is 42.2 Å². The van der Waals surface area contributed by atoms with Crippen molar-refractivity contribution in [3.8, 4) is 17.2 Å². The first-order valence-corrected chi connectivity index (χ1v) is 13.5. The number of hydrogen-bond acceptors (Lipinski definition) is 5. The minimum Gasteiger partial charge on any atom is -0.374 e. The summed E-state index contributed by atoms with van der Waals surface area (Å²) in [4.78, 5) is 39.1. The number of ketones is 1. The maximum Gasteiger partial charge on any atom is 0.293 e. The number of hydrogen-bond donors (Lipinski definition) is 2. The molecule has 1 fully saturated rings. The van der Waals surface area contributed by atoms with Crippen LogP contribution in [0.4, 0.5) is 10.1 Å². The Morgan fingerprint density at radius 3 is 2.43 bits per heavy atom. The second-order valence-electron chi connectivity index (χ2n) is 9.18. The molecule has 3 rings (SSSR count). The first kappa shape index (κ1) is 26.0. The highest BCUT2D eigenvalue weighted by Gasteiger charge is 2.41. The summed E-state index contributed by atoms with van der Waals surface area (Å²) in [5.74, 6) is 0.209. The molecule has 0 spiro atoms. The van der Waals surface area contributed by atoms with Crippen molar-refractivity contribution < 1.29 is 26.4 Å². The smallest absolute Gasteiger partial charge is 0.293 e. The zero-order valence-corrected chi connectivity index (χ0v) is 21.3. The van der Waals surface area contributed by atoms with Gasteiger partial charge in [0, 0.05) is 21.3 Å². The molecular formula is C25H31FN4O4S. The van der Waals surface area contributed by atoms with Crippen LogP contribution in [0.1, 0.15) is 40.5 Å². The van der Waals surface area contributed by atoms with Gasteiger partial charge in [0.2, 0.25) is 0 Å².